The quantitative estimate of drug-likeness (QED) is 0.502. The first-order valence-electron chi connectivity index (χ1n) is 11.2. The molecular formula is C24H29ClFN5O2. The van der Waals surface area contributed by atoms with Crippen LogP contribution in [-0.4, -0.2) is 31.9 Å². The molecule has 1 saturated carbocycles. The highest BCUT2D eigenvalue weighted by Crippen LogP contribution is 2.42. The summed E-state index contributed by atoms with van der Waals surface area (Å²) in [6.07, 6.45) is 5.60. The summed E-state index contributed by atoms with van der Waals surface area (Å²) < 4.78 is 23.2. The fourth-order valence-corrected chi connectivity index (χ4v) is 4.46. The first-order chi connectivity index (χ1) is 15.6. The van der Waals surface area contributed by atoms with Crippen molar-refractivity contribution in [3.05, 3.63) is 51.9 Å². The number of amides is 1. The van der Waals surface area contributed by atoms with Crippen molar-refractivity contribution in [2.75, 3.05) is 5.73 Å². The second-order valence-electron chi connectivity index (χ2n) is 9.03. The van der Waals surface area contributed by atoms with Crippen molar-refractivity contribution in [1.82, 2.24) is 19.7 Å². The highest BCUT2D eigenvalue weighted by atomic mass is 35.5. The largest absolute Gasteiger partial charge is 0.490 e. The van der Waals surface area contributed by atoms with Crippen LogP contribution in [0.25, 0.3) is 5.52 Å². The number of ether oxygens (including phenoxy) is 1. The average molecular weight is 474 g/mol. The lowest BCUT2D eigenvalue weighted by atomic mass is 9.95. The van der Waals surface area contributed by atoms with Crippen LogP contribution >= 0.6 is 11.6 Å². The average Bonchev–Trinajstić information content (AvgIpc) is 3.44. The Bertz CT molecular complexity index is 1240. The number of anilines is 1. The summed E-state index contributed by atoms with van der Waals surface area (Å²) in [5, 5.41) is 2.86. The van der Waals surface area contributed by atoms with Gasteiger partial charge in [-0.1, -0.05) is 25.4 Å². The van der Waals surface area contributed by atoms with Gasteiger partial charge in [-0.25, -0.2) is 14.4 Å². The highest BCUT2D eigenvalue weighted by Gasteiger charge is 2.43. The number of halogens is 2. The molecule has 0 saturated heterocycles. The van der Waals surface area contributed by atoms with Gasteiger partial charge in [0, 0.05) is 29.4 Å². The first kappa shape index (κ1) is 23.3. The van der Waals surface area contributed by atoms with Crippen molar-refractivity contribution < 1.29 is 13.9 Å². The molecule has 1 amide bonds. The van der Waals surface area contributed by atoms with Gasteiger partial charge in [0.25, 0.3) is 5.91 Å². The molecule has 176 valence electrons. The second-order valence-corrected chi connectivity index (χ2v) is 9.44. The van der Waals surface area contributed by atoms with E-state index in [0.29, 0.717) is 22.7 Å². The Kier molecular flexibility index (Phi) is 5.99. The molecule has 1 aliphatic carbocycles. The van der Waals surface area contributed by atoms with Gasteiger partial charge in [0.2, 0.25) is 0 Å². The van der Waals surface area contributed by atoms with Gasteiger partial charge >= 0.3 is 0 Å². The summed E-state index contributed by atoms with van der Waals surface area (Å²) in [4.78, 5) is 22.1. The molecule has 7 nitrogen and oxygen atoms in total. The lowest BCUT2D eigenvalue weighted by Crippen LogP contribution is -2.37. The molecule has 4 rings (SSSR count). The zero-order valence-electron chi connectivity index (χ0n) is 19.5. The molecule has 1 atom stereocenters. The number of nitrogens with zero attached hydrogens (tertiary/aromatic N) is 3. The van der Waals surface area contributed by atoms with Gasteiger partial charge in [0.1, 0.15) is 28.5 Å². The monoisotopic (exact) mass is 473 g/mol. The van der Waals surface area contributed by atoms with Gasteiger partial charge < -0.3 is 15.8 Å². The van der Waals surface area contributed by atoms with Crippen LogP contribution in [0, 0.1) is 12.7 Å². The zero-order valence-corrected chi connectivity index (χ0v) is 20.3. The number of imidazole rings is 1. The van der Waals surface area contributed by atoms with E-state index in [2.05, 4.69) is 10.3 Å². The van der Waals surface area contributed by atoms with Gasteiger partial charge in [-0.05, 0) is 46.1 Å². The zero-order chi connectivity index (χ0) is 24.1. The molecule has 1 fully saturated rings. The lowest BCUT2D eigenvalue weighted by molar-refractivity contribution is 0.0919. The van der Waals surface area contributed by atoms with Crippen molar-refractivity contribution >= 4 is 28.8 Å². The van der Waals surface area contributed by atoms with Crippen molar-refractivity contribution in [2.24, 2.45) is 0 Å². The number of aromatic nitrogens is 3. The molecule has 0 spiro atoms. The number of aryl methyl sites for hydroxylation is 1. The van der Waals surface area contributed by atoms with E-state index >= 15 is 4.39 Å². The van der Waals surface area contributed by atoms with Gasteiger partial charge in [0.15, 0.2) is 5.82 Å². The van der Waals surface area contributed by atoms with Crippen LogP contribution in [0.3, 0.4) is 0 Å². The molecule has 0 bridgehead atoms. The predicted octanol–water partition coefficient (Wildman–Crippen LogP) is 5.02. The van der Waals surface area contributed by atoms with Crippen LogP contribution < -0.4 is 15.8 Å². The normalized spacial score (nSPS) is 15.6. The summed E-state index contributed by atoms with van der Waals surface area (Å²) >= 11 is 6.30. The maximum absolute atomic E-state index is 15.3. The molecule has 0 radical (unpaired) electrons. The van der Waals surface area contributed by atoms with Crippen LogP contribution in [0.1, 0.15) is 80.3 Å². The number of hydrogen-bond acceptors (Lipinski definition) is 5. The SMILES string of the molecule is CCC1(NC(=O)c2c(F)c(Cl)cc(C(C)c3nc(C)c4c(N)nccn34)c2OC(C)C)CC1. The lowest BCUT2D eigenvalue weighted by Gasteiger charge is -2.24. The van der Waals surface area contributed by atoms with Gasteiger partial charge in [-0.2, -0.15) is 0 Å². The van der Waals surface area contributed by atoms with Crippen LogP contribution in [0.2, 0.25) is 5.02 Å². The molecular weight excluding hydrogens is 445 g/mol. The summed E-state index contributed by atoms with van der Waals surface area (Å²) in [5.41, 5.74) is 7.61. The van der Waals surface area contributed by atoms with Crippen molar-refractivity contribution in [2.45, 2.75) is 71.4 Å². The highest BCUT2D eigenvalue weighted by molar-refractivity contribution is 6.31. The van der Waals surface area contributed by atoms with E-state index in [1.54, 1.807) is 12.4 Å². The van der Waals surface area contributed by atoms with Crippen LogP contribution in [0.5, 0.6) is 5.75 Å². The van der Waals surface area contributed by atoms with Crippen molar-refractivity contribution in [3.63, 3.8) is 0 Å². The minimum absolute atomic E-state index is 0.141. The number of hydrogen-bond donors (Lipinski definition) is 2. The summed E-state index contributed by atoms with van der Waals surface area (Å²) in [7, 11) is 0. The van der Waals surface area contributed by atoms with E-state index in [-0.39, 0.29) is 33.9 Å². The smallest absolute Gasteiger partial charge is 0.258 e. The first-order valence-corrected chi connectivity index (χ1v) is 11.6. The number of nitrogen functional groups attached to an aromatic ring is 1. The third-order valence-corrected chi connectivity index (χ3v) is 6.60. The number of carbonyl (C=O) groups is 1. The third-order valence-electron chi connectivity index (χ3n) is 6.33. The van der Waals surface area contributed by atoms with Gasteiger partial charge in [0.05, 0.1) is 16.8 Å². The van der Waals surface area contributed by atoms with E-state index in [1.807, 2.05) is 39.0 Å². The molecule has 1 unspecified atom stereocenters. The second kappa shape index (κ2) is 8.48. The maximum Gasteiger partial charge on any atom is 0.258 e. The van der Waals surface area contributed by atoms with E-state index in [9.17, 15) is 4.79 Å². The van der Waals surface area contributed by atoms with E-state index in [1.165, 1.54) is 6.07 Å². The standard InChI is InChI=1S/C24H29ClFN5O2/c1-6-24(7-8-24)30-23(32)17-18(26)16(25)11-15(20(17)33-12(2)3)13(4)22-29-14(5)19-21(27)28-9-10-31(19)22/h9-13H,6-8H2,1-5H3,(H2,27,28)(H,30,32). The van der Waals surface area contributed by atoms with E-state index < -0.39 is 11.7 Å². The number of fused-ring (bicyclic) bond motifs is 1. The minimum atomic E-state index is -0.787. The number of benzene rings is 1. The number of nitrogens with two attached hydrogens (primary N) is 1. The Morgan fingerprint density at radius 3 is 2.70 bits per heavy atom. The molecule has 33 heavy (non-hydrogen) atoms. The number of rotatable bonds is 7. The molecule has 3 aromatic rings. The topological polar surface area (TPSA) is 94.5 Å². The summed E-state index contributed by atoms with van der Waals surface area (Å²) in [6, 6.07) is 1.52. The van der Waals surface area contributed by atoms with Crippen LogP contribution in [0.15, 0.2) is 18.5 Å². The molecule has 3 N–H and O–H groups in total. The van der Waals surface area contributed by atoms with Crippen LogP contribution in [0.4, 0.5) is 10.2 Å². The molecule has 2 aromatic heterocycles. The predicted molar refractivity (Wildman–Crippen MR) is 127 cm³/mol. The molecule has 2 heterocycles. The molecule has 9 heteroatoms. The molecule has 1 aliphatic rings. The third kappa shape index (κ3) is 4.12. The molecule has 0 aliphatic heterocycles. The van der Waals surface area contributed by atoms with Gasteiger partial charge in [-0.3, -0.25) is 9.20 Å². The Labute approximate surface area is 197 Å². The summed E-state index contributed by atoms with van der Waals surface area (Å²) in [6.45, 7) is 9.44. The maximum atomic E-state index is 15.3. The minimum Gasteiger partial charge on any atom is -0.490 e. The van der Waals surface area contributed by atoms with Crippen molar-refractivity contribution in [3.8, 4) is 5.75 Å². The Morgan fingerprint density at radius 1 is 1.39 bits per heavy atom. The van der Waals surface area contributed by atoms with E-state index in [0.717, 1.165) is 25.0 Å². The Balaban J connectivity index is 1.89. The van der Waals surface area contributed by atoms with Gasteiger partial charge in [-0.15, -0.1) is 0 Å². The number of carbonyl (C=O) groups excluding carboxylic acids is 1. The van der Waals surface area contributed by atoms with Crippen LogP contribution in [-0.2, 0) is 0 Å². The fraction of sp³-hybridized carbons (Fsp3) is 0.458. The fourth-order valence-electron chi connectivity index (χ4n) is 4.25. The Hall–Kier alpha value is -2.87. The van der Waals surface area contributed by atoms with E-state index in [4.69, 9.17) is 27.1 Å². The summed E-state index contributed by atoms with van der Waals surface area (Å²) in [5.74, 6) is -0.480. The molecule has 1 aromatic carbocycles. The Morgan fingerprint density at radius 2 is 2.09 bits per heavy atom. The van der Waals surface area contributed by atoms with Crippen molar-refractivity contribution in [1.29, 1.82) is 0 Å². The number of nitrogens with one attached hydrogen (secondary N) is 1.